The molecular weight excluding hydrogens is 432 g/mol. The molecule has 3 heterocycles. The Morgan fingerprint density at radius 3 is 2.62 bits per heavy atom. The van der Waals surface area contributed by atoms with Crippen molar-refractivity contribution >= 4 is 33.5 Å². The van der Waals surface area contributed by atoms with Gasteiger partial charge in [-0.2, -0.15) is 0 Å². The predicted molar refractivity (Wildman–Crippen MR) is 122 cm³/mol. The van der Waals surface area contributed by atoms with Crippen molar-refractivity contribution in [2.45, 2.75) is 19.4 Å². The Morgan fingerprint density at radius 2 is 1.91 bits per heavy atom. The summed E-state index contributed by atoms with van der Waals surface area (Å²) in [5.74, 6) is 0.605. The van der Waals surface area contributed by atoms with Gasteiger partial charge in [0.1, 0.15) is 5.75 Å². The van der Waals surface area contributed by atoms with E-state index in [2.05, 4.69) is 15.3 Å². The summed E-state index contributed by atoms with van der Waals surface area (Å²) < 4.78 is 9.22. The topological polar surface area (TPSA) is 113 Å². The highest BCUT2D eigenvalue weighted by atomic mass is 32.1. The number of anilines is 1. The van der Waals surface area contributed by atoms with Crippen LogP contribution in [0.4, 0.5) is 5.13 Å². The lowest BCUT2D eigenvalue weighted by Gasteiger charge is -2.06. The third kappa shape index (κ3) is 4.06. The molecule has 1 N–H and O–H groups in total. The van der Waals surface area contributed by atoms with Gasteiger partial charge in [-0.25, -0.2) is 14.8 Å². The first-order valence-electron chi connectivity index (χ1n) is 9.89. The molecule has 0 unspecified atom stereocenters. The van der Waals surface area contributed by atoms with E-state index in [0.29, 0.717) is 29.3 Å². The van der Waals surface area contributed by atoms with Crippen LogP contribution in [0.2, 0.25) is 0 Å². The van der Waals surface area contributed by atoms with Crippen LogP contribution in [0.25, 0.3) is 22.4 Å². The minimum Gasteiger partial charge on any atom is -0.497 e. The smallest absolute Gasteiger partial charge is 0.332 e. The highest BCUT2D eigenvalue weighted by Gasteiger charge is 2.14. The van der Waals surface area contributed by atoms with Crippen molar-refractivity contribution < 1.29 is 9.53 Å². The van der Waals surface area contributed by atoms with Crippen molar-refractivity contribution in [3.8, 4) is 17.0 Å². The Bertz CT molecular complexity index is 1400. The van der Waals surface area contributed by atoms with Crippen LogP contribution >= 0.6 is 11.3 Å². The predicted octanol–water partition coefficient (Wildman–Crippen LogP) is 1.98. The maximum Gasteiger partial charge on any atom is 0.332 e. The van der Waals surface area contributed by atoms with Gasteiger partial charge in [-0.05, 0) is 30.7 Å². The van der Waals surface area contributed by atoms with E-state index in [9.17, 15) is 14.4 Å². The van der Waals surface area contributed by atoms with Crippen molar-refractivity contribution in [3.05, 3.63) is 56.8 Å². The minimum absolute atomic E-state index is 0.162. The molecule has 0 fully saturated rings. The number of imidazole rings is 1. The number of fused-ring (bicyclic) bond motifs is 1. The van der Waals surface area contributed by atoms with Gasteiger partial charge in [0.05, 0.1) is 19.1 Å². The fourth-order valence-electron chi connectivity index (χ4n) is 3.38. The third-order valence-electron chi connectivity index (χ3n) is 5.16. The summed E-state index contributed by atoms with van der Waals surface area (Å²) in [6.07, 6.45) is 2.27. The lowest BCUT2D eigenvalue weighted by molar-refractivity contribution is -0.116. The van der Waals surface area contributed by atoms with Gasteiger partial charge < -0.3 is 14.6 Å². The molecule has 3 aromatic heterocycles. The molecule has 32 heavy (non-hydrogen) atoms. The zero-order valence-electron chi connectivity index (χ0n) is 17.9. The Kier molecular flexibility index (Phi) is 5.91. The standard InChI is InChI=1S/C21H22N6O4S/c1-25-18-17(19(29)26(2)21(25)30)27(12-22-18)10-4-5-16(28)24-20-23-15(11-32-20)13-6-8-14(31-3)9-7-13/h6-9,11-12H,4-5,10H2,1-3H3,(H,23,24,28). The summed E-state index contributed by atoms with van der Waals surface area (Å²) in [4.78, 5) is 45.5. The molecule has 0 aliphatic heterocycles. The first kappa shape index (κ1) is 21.5. The molecule has 166 valence electrons. The second-order valence-corrected chi connectivity index (χ2v) is 8.09. The molecule has 1 aromatic carbocycles. The van der Waals surface area contributed by atoms with Crippen LogP contribution in [0.15, 0.2) is 45.6 Å². The Morgan fingerprint density at radius 1 is 1.16 bits per heavy atom. The summed E-state index contributed by atoms with van der Waals surface area (Å²) in [7, 11) is 4.62. The van der Waals surface area contributed by atoms with Gasteiger partial charge in [0, 0.05) is 38.0 Å². The quantitative estimate of drug-likeness (QED) is 0.457. The van der Waals surface area contributed by atoms with Crippen LogP contribution in [0.5, 0.6) is 5.75 Å². The molecule has 10 nitrogen and oxygen atoms in total. The van der Waals surface area contributed by atoms with E-state index in [1.807, 2.05) is 29.6 Å². The molecule has 0 spiro atoms. The number of methoxy groups -OCH3 is 1. The van der Waals surface area contributed by atoms with Gasteiger partial charge in [0.15, 0.2) is 16.3 Å². The number of nitrogens with one attached hydrogen (secondary N) is 1. The number of carbonyl (C=O) groups excluding carboxylic acids is 1. The molecule has 1 amide bonds. The third-order valence-corrected chi connectivity index (χ3v) is 5.91. The highest BCUT2D eigenvalue weighted by Crippen LogP contribution is 2.26. The Balaban J connectivity index is 1.38. The monoisotopic (exact) mass is 454 g/mol. The molecule has 0 radical (unpaired) electrons. The summed E-state index contributed by atoms with van der Waals surface area (Å²) in [5.41, 5.74) is 1.56. The molecule has 0 bridgehead atoms. The lowest BCUT2D eigenvalue weighted by Crippen LogP contribution is -2.37. The second-order valence-electron chi connectivity index (χ2n) is 7.23. The fourth-order valence-corrected chi connectivity index (χ4v) is 4.12. The number of aromatic nitrogens is 5. The second kappa shape index (κ2) is 8.79. The van der Waals surface area contributed by atoms with E-state index in [1.165, 1.54) is 29.3 Å². The fraction of sp³-hybridized carbons (Fsp3) is 0.286. The summed E-state index contributed by atoms with van der Waals surface area (Å²) in [6.45, 7) is 0.423. The number of nitrogens with zero attached hydrogens (tertiary/aromatic N) is 5. The molecule has 0 aliphatic rings. The van der Waals surface area contributed by atoms with Crippen molar-refractivity contribution in [2.24, 2.45) is 14.1 Å². The summed E-state index contributed by atoms with van der Waals surface area (Å²) in [5, 5.41) is 5.23. The molecule has 4 rings (SSSR count). The number of ether oxygens (including phenoxy) is 1. The van der Waals surface area contributed by atoms with Gasteiger partial charge in [-0.15, -0.1) is 11.3 Å². The highest BCUT2D eigenvalue weighted by molar-refractivity contribution is 7.14. The maximum atomic E-state index is 12.5. The molecule has 4 aromatic rings. The molecule has 0 saturated heterocycles. The number of hydrogen-bond acceptors (Lipinski definition) is 7. The average molecular weight is 455 g/mol. The molecule has 0 aliphatic carbocycles. The Hall–Kier alpha value is -3.73. The van der Waals surface area contributed by atoms with E-state index in [1.54, 1.807) is 18.7 Å². The van der Waals surface area contributed by atoms with Crippen molar-refractivity contribution in [3.63, 3.8) is 0 Å². The molecular formula is C21H22N6O4S. The number of hydrogen-bond donors (Lipinski definition) is 1. The van der Waals surface area contributed by atoms with Crippen LogP contribution in [0, 0.1) is 0 Å². The molecule has 0 atom stereocenters. The van der Waals surface area contributed by atoms with E-state index in [-0.39, 0.29) is 12.3 Å². The van der Waals surface area contributed by atoms with E-state index < -0.39 is 11.2 Å². The summed E-state index contributed by atoms with van der Waals surface area (Å²) in [6, 6.07) is 7.54. The number of thiazole rings is 1. The van der Waals surface area contributed by atoms with Gasteiger partial charge in [-0.1, -0.05) is 0 Å². The van der Waals surface area contributed by atoms with Crippen LogP contribution in [0.1, 0.15) is 12.8 Å². The molecule has 11 heteroatoms. The van der Waals surface area contributed by atoms with Crippen LogP contribution in [-0.4, -0.2) is 36.7 Å². The zero-order chi connectivity index (χ0) is 22.8. The van der Waals surface area contributed by atoms with Crippen molar-refractivity contribution in [2.75, 3.05) is 12.4 Å². The average Bonchev–Trinajstić information content (AvgIpc) is 3.44. The van der Waals surface area contributed by atoms with Gasteiger partial charge in [0.25, 0.3) is 5.56 Å². The molecule has 0 saturated carbocycles. The normalized spacial score (nSPS) is 11.1. The van der Waals surface area contributed by atoms with Crippen molar-refractivity contribution in [1.29, 1.82) is 0 Å². The van der Waals surface area contributed by atoms with Crippen LogP contribution in [-0.2, 0) is 25.4 Å². The van der Waals surface area contributed by atoms with Crippen LogP contribution < -0.4 is 21.3 Å². The minimum atomic E-state index is -0.426. The Labute approximate surface area is 186 Å². The number of carbonyl (C=O) groups is 1. The first-order chi connectivity index (χ1) is 15.4. The van der Waals surface area contributed by atoms with Crippen LogP contribution in [0.3, 0.4) is 0 Å². The van der Waals surface area contributed by atoms with E-state index in [4.69, 9.17) is 4.74 Å². The van der Waals surface area contributed by atoms with Gasteiger partial charge in [-0.3, -0.25) is 18.7 Å². The number of aryl methyl sites for hydroxylation is 2. The van der Waals surface area contributed by atoms with E-state index >= 15 is 0 Å². The SMILES string of the molecule is COc1ccc(-c2csc(NC(=O)CCCn3cnc4c3c(=O)n(C)c(=O)n4C)n2)cc1. The van der Waals surface area contributed by atoms with Gasteiger partial charge >= 0.3 is 5.69 Å². The lowest BCUT2D eigenvalue weighted by atomic mass is 10.2. The maximum absolute atomic E-state index is 12.5. The zero-order valence-corrected chi connectivity index (χ0v) is 18.7. The number of amides is 1. The number of rotatable bonds is 7. The first-order valence-corrected chi connectivity index (χ1v) is 10.8. The summed E-state index contributed by atoms with van der Waals surface area (Å²) >= 11 is 1.36. The largest absolute Gasteiger partial charge is 0.497 e. The number of benzene rings is 1. The van der Waals surface area contributed by atoms with E-state index in [0.717, 1.165) is 21.6 Å². The van der Waals surface area contributed by atoms with Crippen molar-refractivity contribution in [1.82, 2.24) is 23.7 Å². The van der Waals surface area contributed by atoms with Gasteiger partial charge in [0.2, 0.25) is 5.91 Å².